The second-order valence-electron chi connectivity index (χ2n) is 6.74. The van der Waals surface area contributed by atoms with Crippen molar-refractivity contribution in [2.45, 2.75) is 65.7 Å². The van der Waals surface area contributed by atoms with E-state index >= 15 is 0 Å². The maximum atomic E-state index is 12.2. The molecule has 0 aromatic carbocycles. The molecule has 0 spiro atoms. The van der Waals surface area contributed by atoms with Crippen LogP contribution < -0.4 is 0 Å². The molecule has 0 radical (unpaired) electrons. The summed E-state index contributed by atoms with van der Waals surface area (Å²) < 4.78 is 23.5. The third kappa shape index (κ3) is 11.2. The minimum atomic E-state index is -2.14. The second kappa shape index (κ2) is 14.5. The maximum Gasteiger partial charge on any atom is 0.334 e. The Hall–Kier alpha value is -0.516. The highest BCUT2D eigenvalue weighted by Gasteiger charge is 2.32. The number of hydrogen-bond donors (Lipinski definition) is 0. The quantitative estimate of drug-likeness (QED) is 0.263. The van der Waals surface area contributed by atoms with Gasteiger partial charge in [-0.2, -0.15) is 0 Å². The molecule has 0 N–H and O–H groups in total. The lowest BCUT2D eigenvalue weighted by Crippen LogP contribution is -2.41. The van der Waals surface area contributed by atoms with Crippen molar-refractivity contribution in [1.29, 1.82) is 0 Å². The van der Waals surface area contributed by atoms with Gasteiger partial charge >= 0.3 is 17.1 Å². The molecule has 0 unspecified atom stereocenters. The predicted molar refractivity (Wildman–Crippen MR) is 115 cm³/mol. The number of amides is 1. The number of carbonyl (C=O) groups is 1. The minimum Gasteiger partial charge on any atom is -0.395 e. The van der Waals surface area contributed by atoms with E-state index in [1.54, 1.807) is 0 Å². The van der Waals surface area contributed by atoms with Crippen LogP contribution in [-0.4, -0.2) is 67.4 Å². The molecule has 0 aliphatic carbocycles. The van der Waals surface area contributed by atoms with Crippen molar-refractivity contribution >= 4 is 23.0 Å². The summed E-state index contributed by atoms with van der Waals surface area (Å²) in [5, 5.41) is 0. The molecule has 0 fully saturated rings. The molecule has 6 nitrogen and oxygen atoms in total. The van der Waals surface area contributed by atoms with Crippen LogP contribution in [0.25, 0.3) is 0 Å². The van der Waals surface area contributed by atoms with Crippen LogP contribution in [0.15, 0.2) is 12.7 Å². The van der Waals surface area contributed by atoms with Crippen LogP contribution in [0.1, 0.15) is 40.5 Å². The van der Waals surface area contributed by atoms with Gasteiger partial charge in [-0.15, -0.1) is 0 Å². The van der Waals surface area contributed by atoms with Gasteiger partial charge in [-0.05, 0) is 71.8 Å². The Labute approximate surface area is 168 Å². The van der Waals surface area contributed by atoms with Crippen LogP contribution in [0.4, 0.5) is 0 Å². The van der Waals surface area contributed by atoms with E-state index in [-0.39, 0.29) is 5.91 Å². The number of carbonyl (C=O) groups excluding carboxylic acids is 1. The van der Waals surface area contributed by atoms with Crippen LogP contribution in [0.5, 0.6) is 0 Å². The number of hydrogen-bond acceptors (Lipinski definition) is 5. The molecular weight excluding hydrogens is 378 g/mol. The molecule has 0 atom stereocenters. The summed E-state index contributed by atoms with van der Waals surface area (Å²) in [6, 6.07) is 1.75. The third-order valence-corrected chi connectivity index (χ3v) is 10.5. The predicted octanol–water partition coefficient (Wildman–Crippen LogP) is 4.07. The van der Waals surface area contributed by atoms with Crippen LogP contribution in [-0.2, 0) is 22.5 Å². The second-order valence-corrected chi connectivity index (χ2v) is 13.4. The van der Waals surface area contributed by atoms with E-state index < -0.39 is 17.1 Å². The lowest BCUT2D eigenvalue weighted by molar-refractivity contribution is -0.126. The fourth-order valence-electron chi connectivity index (χ4n) is 3.24. The van der Waals surface area contributed by atoms with Crippen LogP contribution in [0.3, 0.4) is 0 Å². The molecular formula is C19H41NO5Si2. The molecule has 1 amide bonds. The van der Waals surface area contributed by atoms with Crippen molar-refractivity contribution in [2.24, 2.45) is 0 Å². The SMILES string of the molecule is C=CC(=O)N(CCC[Si](C)(OCC)OCC)CCC[Si](C)(OCC)OCC. The van der Waals surface area contributed by atoms with Crippen LogP contribution in [0, 0.1) is 0 Å². The van der Waals surface area contributed by atoms with Gasteiger partial charge in [0.05, 0.1) is 0 Å². The zero-order chi connectivity index (χ0) is 20.8. The van der Waals surface area contributed by atoms with Crippen molar-refractivity contribution < 1.29 is 22.5 Å². The van der Waals surface area contributed by atoms with Gasteiger partial charge < -0.3 is 22.6 Å². The smallest absolute Gasteiger partial charge is 0.334 e. The Morgan fingerprint density at radius 3 is 1.41 bits per heavy atom. The van der Waals surface area contributed by atoms with Gasteiger partial charge in [0.1, 0.15) is 0 Å². The highest BCUT2D eigenvalue weighted by molar-refractivity contribution is 6.66. The van der Waals surface area contributed by atoms with Crippen molar-refractivity contribution in [2.75, 3.05) is 39.5 Å². The van der Waals surface area contributed by atoms with E-state index in [0.717, 1.165) is 24.9 Å². The first-order valence-corrected chi connectivity index (χ1v) is 15.3. The first kappa shape index (κ1) is 26.5. The van der Waals surface area contributed by atoms with Gasteiger partial charge in [0.25, 0.3) is 0 Å². The van der Waals surface area contributed by atoms with Crippen molar-refractivity contribution in [3.63, 3.8) is 0 Å². The minimum absolute atomic E-state index is 0.0256. The molecule has 0 aromatic rings. The normalized spacial score (nSPS) is 12.2. The Morgan fingerprint density at radius 2 is 1.15 bits per heavy atom. The van der Waals surface area contributed by atoms with Crippen LogP contribution >= 0.6 is 0 Å². The molecule has 0 aromatic heterocycles. The van der Waals surface area contributed by atoms with E-state index in [0.29, 0.717) is 39.5 Å². The Morgan fingerprint density at radius 1 is 0.815 bits per heavy atom. The van der Waals surface area contributed by atoms with E-state index in [2.05, 4.69) is 19.7 Å². The zero-order valence-corrected chi connectivity index (χ0v) is 20.3. The lowest BCUT2D eigenvalue weighted by atomic mass is 10.3. The summed E-state index contributed by atoms with van der Waals surface area (Å²) in [5.41, 5.74) is 0. The van der Waals surface area contributed by atoms with Gasteiger partial charge in [0, 0.05) is 39.5 Å². The van der Waals surface area contributed by atoms with Gasteiger partial charge in [0.15, 0.2) is 0 Å². The average Bonchev–Trinajstić information content (AvgIpc) is 2.60. The summed E-state index contributed by atoms with van der Waals surface area (Å²) in [4.78, 5) is 14.1. The summed E-state index contributed by atoms with van der Waals surface area (Å²) in [6.07, 6.45) is 3.13. The van der Waals surface area contributed by atoms with Crippen molar-refractivity contribution in [1.82, 2.24) is 4.90 Å². The molecule has 8 heteroatoms. The first-order valence-electron chi connectivity index (χ1n) is 10.3. The van der Waals surface area contributed by atoms with Gasteiger partial charge in [0.2, 0.25) is 5.91 Å². The van der Waals surface area contributed by atoms with E-state index in [4.69, 9.17) is 17.7 Å². The molecule has 0 aliphatic rings. The van der Waals surface area contributed by atoms with Crippen LogP contribution in [0.2, 0.25) is 25.2 Å². The maximum absolute atomic E-state index is 12.2. The zero-order valence-electron chi connectivity index (χ0n) is 18.3. The monoisotopic (exact) mass is 419 g/mol. The fourth-order valence-corrected chi connectivity index (χ4v) is 8.02. The largest absolute Gasteiger partial charge is 0.395 e. The molecule has 0 saturated carbocycles. The standard InChI is InChI=1S/C19H41NO5Si2/c1-8-19(21)20(15-13-17-26(6,22-9-2)23-10-3)16-14-18-27(7,24-11-4)25-12-5/h8H,1,9-18H2,2-7H3. The molecule has 0 saturated heterocycles. The summed E-state index contributed by atoms with van der Waals surface area (Å²) in [7, 11) is -4.28. The highest BCUT2D eigenvalue weighted by Crippen LogP contribution is 2.18. The van der Waals surface area contributed by atoms with E-state index in [1.165, 1.54) is 6.08 Å². The first-order chi connectivity index (χ1) is 12.8. The third-order valence-electron chi connectivity index (χ3n) is 4.40. The molecule has 0 rings (SSSR count). The van der Waals surface area contributed by atoms with Gasteiger partial charge in [-0.3, -0.25) is 4.79 Å². The van der Waals surface area contributed by atoms with E-state index in [1.807, 2.05) is 32.6 Å². The highest BCUT2D eigenvalue weighted by atomic mass is 28.4. The molecule has 0 aliphatic heterocycles. The molecule has 27 heavy (non-hydrogen) atoms. The molecule has 0 bridgehead atoms. The van der Waals surface area contributed by atoms with Crippen molar-refractivity contribution in [3.8, 4) is 0 Å². The van der Waals surface area contributed by atoms with Crippen molar-refractivity contribution in [3.05, 3.63) is 12.7 Å². The number of nitrogens with zero attached hydrogens (tertiary/aromatic N) is 1. The van der Waals surface area contributed by atoms with E-state index in [9.17, 15) is 4.79 Å². The number of rotatable bonds is 17. The lowest BCUT2D eigenvalue weighted by Gasteiger charge is -2.29. The topological polar surface area (TPSA) is 57.2 Å². The average molecular weight is 420 g/mol. The Balaban J connectivity index is 4.63. The summed E-state index contributed by atoms with van der Waals surface area (Å²) in [6.45, 7) is 19.8. The molecule has 160 valence electrons. The summed E-state index contributed by atoms with van der Waals surface area (Å²) in [5.74, 6) is -0.0256. The fraction of sp³-hybridized carbons (Fsp3) is 0.842. The summed E-state index contributed by atoms with van der Waals surface area (Å²) >= 11 is 0. The molecule has 0 heterocycles. The van der Waals surface area contributed by atoms with Gasteiger partial charge in [-0.25, -0.2) is 0 Å². The Kier molecular flexibility index (Phi) is 14.2. The van der Waals surface area contributed by atoms with Gasteiger partial charge in [-0.1, -0.05) is 6.58 Å². The Bertz CT molecular complexity index is 383.